The van der Waals surface area contributed by atoms with Crippen LogP contribution in [0.3, 0.4) is 0 Å². The molecule has 0 saturated carbocycles. The summed E-state index contributed by atoms with van der Waals surface area (Å²) in [6.07, 6.45) is 0.0127. The van der Waals surface area contributed by atoms with Gasteiger partial charge in [0.05, 0.1) is 6.04 Å². The van der Waals surface area contributed by atoms with Gasteiger partial charge in [-0.25, -0.2) is 5.48 Å². The minimum atomic E-state index is -0.531. The second kappa shape index (κ2) is 11.8. The lowest BCUT2D eigenvalue weighted by atomic mass is 10.0. The summed E-state index contributed by atoms with van der Waals surface area (Å²) in [5.74, 6) is -0.0697. The first-order valence-corrected chi connectivity index (χ1v) is 11.3. The van der Waals surface area contributed by atoms with Gasteiger partial charge < -0.3 is 10.4 Å². The lowest BCUT2D eigenvalue weighted by Gasteiger charge is -2.22. The van der Waals surface area contributed by atoms with Gasteiger partial charge in [0.1, 0.15) is 11.9 Å². The summed E-state index contributed by atoms with van der Waals surface area (Å²) in [5, 5.41) is 12.9. The number of carbonyl (C=O) groups excluding carboxylic acids is 1. The summed E-state index contributed by atoms with van der Waals surface area (Å²) in [6, 6.07) is 35.9. The van der Waals surface area contributed by atoms with E-state index < -0.39 is 12.1 Å². The number of hydrogen-bond acceptors (Lipinski definition) is 4. The van der Waals surface area contributed by atoms with Crippen molar-refractivity contribution in [1.29, 1.82) is 0 Å². The molecule has 34 heavy (non-hydrogen) atoms. The van der Waals surface area contributed by atoms with Gasteiger partial charge in [-0.1, -0.05) is 103 Å². The summed E-state index contributed by atoms with van der Waals surface area (Å²) in [7, 11) is 0. The molecule has 4 aromatic rings. The molecule has 0 unspecified atom stereocenters. The fourth-order valence-corrected chi connectivity index (χ4v) is 3.73. The first-order chi connectivity index (χ1) is 16.7. The predicted molar refractivity (Wildman–Crippen MR) is 133 cm³/mol. The number of amides is 1. The summed E-state index contributed by atoms with van der Waals surface area (Å²) >= 11 is 0. The van der Waals surface area contributed by atoms with Crippen molar-refractivity contribution >= 4 is 5.91 Å². The third-order valence-corrected chi connectivity index (χ3v) is 5.57. The average molecular weight is 453 g/mol. The lowest BCUT2D eigenvalue weighted by Crippen LogP contribution is -2.45. The topological polar surface area (TPSA) is 70.6 Å². The molecule has 3 N–H and O–H groups in total. The molecule has 0 aliphatic carbocycles. The van der Waals surface area contributed by atoms with Gasteiger partial charge in [-0.05, 0) is 40.8 Å². The van der Waals surface area contributed by atoms with Gasteiger partial charge in [-0.2, -0.15) is 0 Å². The van der Waals surface area contributed by atoms with E-state index in [0.29, 0.717) is 13.0 Å². The Morgan fingerprint density at radius 3 is 1.79 bits per heavy atom. The number of phenols is 1. The third kappa shape index (κ3) is 6.54. The molecule has 0 fully saturated rings. The molecule has 172 valence electrons. The molecule has 0 spiro atoms. The molecule has 0 aliphatic heterocycles. The summed E-state index contributed by atoms with van der Waals surface area (Å²) in [6.45, 7) is 0.539. The standard InChI is InChI=1S/C29H28N2O3/c32-26-18-16-22(17-19-26)20-27(30-21-23-10-4-1-5-11-23)29(33)31-34-28(24-12-6-2-7-13-24)25-14-8-3-9-15-25/h1-19,27-28,30,32H,20-21H2,(H,31,33)/t27-/m0/s1. The Balaban J connectivity index is 1.49. The second-order valence-electron chi connectivity index (χ2n) is 8.08. The number of benzene rings is 4. The van der Waals surface area contributed by atoms with Crippen molar-refractivity contribution in [2.75, 3.05) is 0 Å². The van der Waals surface area contributed by atoms with E-state index in [2.05, 4.69) is 10.8 Å². The van der Waals surface area contributed by atoms with Crippen LogP contribution in [0.2, 0.25) is 0 Å². The number of hydroxylamine groups is 1. The van der Waals surface area contributed by atoms with E-state index in [1.54, 1.807) is 12.1 Å². The number of nitrogens with one attached hydrogen (secondary N) is 2. The minimum Gasteiger partial charge on any atom is -0.508 e. The van der Waals surface area contributed by atoms with Crippen molar-refractivity contribution in [1.82, 2.24) is 10.8 Å². The molecule has 1 atom stereocenters. The maximum absolute atomic E-state index is 13.3. The van der Waals surface area contributed by atoms with Crippen molar-refractivity contribution in [3.63, 3.8) is 0 Å². The van der Waals surface area contributed by atoms with Crippen LogP contribution in [0.15, 0.2) is 115 Å². The number of rotatable bonds is 10. The van der Waals surface area contributed by atoms with Gasteiger partial charge in [0.15, 0.2) is 0 Å². The molecule has 0 radical (unpaired) electrons. The smallest absolute Gasteiger partial charge is 0.261 e. The van der Waals surface area contributed by atoms with Gasteiger partial charge in [-0.15, -0.1) is 0 Å². The lowest BCUT2D eigenvalue weighted by molar-refractivity contribution is -0.139. The van der Waals surface area contributed by atoms with E-state index in [9.17, 15) is 9.90 Å². The predicted octanol–water partition coefficient (Wildman–Crippen LogP) is 4.93. The van der Waals surface area contributed by atoms with Crippen LogP contribution in [0.4, 0.5) is 0 Å². The van der Waals surface area contributed by atoms with E-state index in [4.69, 9.17) is 4.84 Å². The van der Waals surface area contributed by atoms with E-state index in [-0.39, 0.29) is 11.7 Å². The zero-order valence-electron chi connectivity index (χ0n) is 18.8. The second-order valence-corrected chi connectivity index (χ2v) is 8.08. The molecule has 4 rings (SSSR count). The van der Waals surface area contributed by atoms with Crippen molar-refractivity contribution in [3.05, 3.63) is 138 Å². The van der Waals surface area contributed by atoms with Crippen LogP contribution < -0.4 is 10.8 Å². The quantitative estimate of drug-likeness (QED) is 0.299. The SMILES string of the molecule is O=C(NOC(c1ccccc1)c1ccccc1)[C@H](Cc1ccc(O)cc1)NCc1ccccc1. The molecule has 0 heterocycles. The molecular formula is C29H28N2O3. The summed E-state index contributed by atoms with van der Waals surface area (Å²) in [5.41, 5.74) is 6.60. The molecular weight excluding hydrogens is 424 g/mol. The highest BCUT2D eigenvalue weighted by Gasteiger charge is 2.22. The van der Waals surface area contributed by atoms with Crippen LogP contribution in [-0.4, -0.2) is 17.1 Å². The van der Waals surface area contributed by atoms with Crippen LogP contribution in [-0.2, 0) is 22.6 Å². The van der Waals surface area contributed by atoms with Crippen molar-refractivity contribution < 1.29 is 14.7 Å². The highest BCUT2D eigenvalue weighted by molar-refractivity contribution is 5.81. The molecule has 5 nitrogen and oxygen atoms in total. The maximum Gasteiger partial charge on any atom is 0.261 e. The largest absolute Gasteiger partial charge is 0.508 e. The third-order valence-electron chi connectivity index (χ3n) is 5.57. The van der Waals surface area contributed by atoms with Gasteiger partial charge in [-0.3, -0.25) is 9.63 Å². The van der Waals surface area contributed by atoms with Crippen molar-refractivity contribution in [2.24, 2.45) is 0 Å². The number of carbonyl (C=O) groups is 1. The highest BCUT2D eigenvalue weighted by atomic mass is 16.7. The summed E-state index contributed by atoms with van der Waals surface area (Å²) < 4.78 is 0. The Labute approximate surface area is 200 Å². The van der Waals surface area contributed by atoms with Crippen LogP contribution in [0.25, 0.3) is 0 Å². The Bertz CT molecular complexity index is 1110. The van der Waals surface area contributed by atoms with Crippen molar-refractivity contribution in [2.45, 2.75) is 25.1 Å². The Morgan fingerprint density at radius 2 is 1.24 bits per heavy atom. The molecule has 1 amide bonds. The molecule has 5 heteroatoms. The minimum absolute atomic E-state index is 0.193. The average Bonchev–Trinajstić information content (AvgIpc) is 2.89. The number of hydrogen-bond donors (Lipinski definition) is 3. The molecule has 4 aromatic carbocycles. The van der Waals surface area contributed by atoms with Crippen LogP contribution in [0.1, 0.15) is 28.4 Å². The molecule has 0 aliphatic rings. The number of aromatic hydroxyl groups is 1. The van der Waals surface area contributed by atoms with E-state index in [1.807, 2.05) is 103 Å². The monoisotopic (exact) mass is 452 g/mol. The molecule has 0 bridgehead atoms. The molecule has 0 saturated heterocycles. The van der Waals surface area contributed by atoms with Gasteiger partial charge in [0, 0.05) is 6.54 Å². The van der Waals surface area contributed by atoms with Crippen LogP contribution in [0.5, 0.6) is 5.75 Å². The Kier molecular flexibility index (Phi) is 8.06. The van der Waals surface area contributed by atoms with Gasteiger partial charge in [0.25, 0.3) is 5.91 Å². The Morgan fingerprint density at radius 1 is 0.706 bits per heavy atom. The van der Waals surface area contributed by atoms with E-state index in [1.165, 1.54) is 0 Å². The fraction of sp³-hybridized carbons (Fsp3) is 0.138. The normalized spacial score (nSPS) is 11.8. The highest BCUT2D eigenvalue weighted by Crippen LogP contribution is 2.24. The van der Waals surface area contributed by atoms with Gasteiger partial charge >= 0.3 is 0 Å². The summed E-state index contributed by atoms with van der Waals surface area (Å²) in [4.78, 5) is 19.2. The zero-order valence-corrected chi connectivity index (χ0v) is 18.8. The maximum atomic E-state index is 13.3. The first kappa shape index (κ1) is 23.2. The number of phenolic OH excluding ortho intramolecular Hbond substituents is 1. The van der Waals surface area contributed by atoms with Crippen LogP contribution in [0, 0.1) is 0 Å². The van der Waals surface area contributed by atoms with Crippen LogP contribution >= 0.6 is 0 Å². The van der Waals surface area contributed by atoms with E-state index in [0.717, 1.165) is 22.3 Å². The fourth-order valence-electron chi connectivity index (χ4n) is 3.73. The van der Waals surface area contributed by atoms with E-state index >= 15 is 0 Å². The zero-order chi connectivity index (χ0) is 23.6. The van der Waals surface area contributed by atoms with Crippen molar-refractivity contribution in [3.8, 4) is 5.75 Å². The first-order valence-electron chi connectivity index (χ1n) is 11.3. The van der Waals surface area contributed by atoms with Gasteiger partial charge in [0.2, 0.25) is 0 Å². The molecule has 0 aromatic heterocycles. The Hall–Kier alpha value is -3.93.